The van der Waals surface area contributed by atoms with Crippen LogP contribution in [0.3, 0.4) is 0 Å². The summed E-state index contributed by atoms with van der Waals surface area (Å²) in [7, 11) is 0. The number of hydrogen-bond donors (Lipinski definition) is 1. The van der Waals surface area contributed by atoms with Gasteiger partial charge in [0.1, 0.15) is 6.07 Å². The highest BCUT2D eigenvalue weighted by molar-refractivity contribution is 5.73. The molecule has 1 aromatic carbocycles. The Balaban J connectivity index is 2.34. The zero-order valence-electron chi connectivity index (χ0n) is 11.2. The minimum Gasteiger partial charge on any atom is -0.481 e. The molecule has 112 valence electrons. The van der Waals surface area contributed by atoms with Gasteiger partial charge >= 0.3 is 12.1 Å². The van der Waals surface area contributed by atoms with Gasteiger partial charge in [0.05, 0.1) is 22.7 Å². The molecule has 21 heavy (non-hydrogen) atoms. The molecule has 1 N–H and O–H groups in total. The molecule has 1 saturated heterocycles. The molecule has 0 radical (unpaired) electrons. The van der Waals surface area contributed by atoms with Crippen molar-refractivity contribution in [2.75, 3.05) is 18.0 Å². The van der Waals surface area contributed by atoms with Crippen LogP contribution in [0.5, 0.6) is 0 Å². The molecule has 0 aromatic heterocycles. The third-order valence-electron chi connectivity index (χ3n) is 3.71. The van der Waals surface area contributed by atoms with Gasteiger partial charge in [-0.05, 0) is 24.1 Å². The van der Waals surface area contributed by atoms with E-state index in [1.807, 2.05) is 0 Å². The molecule has 1 fully saturated rings. The van der Waals surface area contributed by atoms with Gasteiger partial charge in [-0.1, -0.05) is 6.92 Å². The maximum Gasteiger partial charge on any atom is 0.416 e. The van der Waals surface area contributed by atoms with Gasteiger partial charge in [-0.15, -0.1) is 0 Å². The first-order chi connectivity index (χ1) is 9.74. The largest absolute Gasteiger partial charge is 0.481 e. The quantitative estimate of drug-likeness (QED) is 0.911. The number of halogens is 3. The number of carbonyl (C=O) groups is 1. The van der Waals surface area contributed by atoms with E-state index >= 15 is 0 Å². The summed E-state index contributed by atoms with van der Waals surface area (Å²) >= 11 is 0. The van der Waals surface area contributed by atoms with E-state index in [4.69, 9.17) is 10.4 Å². The van der Waals surface area contributed by atoms with Gasteiger partial charge in [-0.2, -0.15) is 18.4 Å². The molecule has 0 bridgehead atoms. The van der Waals surface area contributed by atoms with Crippen LogP contribution in [0, 0.1) is 23.2 Å². The predicted molar refractivity (Wildman–Crippen MR) is 68.7 cm³/mol. The van der Waals surface area contributed by atoms with Gasteiger partial charge in [-0.3, -0.25) is 4.79 Å². The van der Waals surface area contributed by atoms with Crippen molar-refractivity contribution in [2.45, 2.75) is 13.1 Å². The van der Waals surface area contributed by atoms with Crippen LogP contribution in [-0.2, 0) is 11.0 Å². The number of carboxylic acids is 1. The molecular weight excluding hydrogens is 285 g/mol. The van der Waals surface area contributed by atoms with E-state index in [0.29, 0.717) is 12.2 Å². The van der Waals surface area contributed by atoms with Gasteiger partial charge in [-0.25, -0.2) is 0 Å². The summed E-state index contributed by atoms with van der Waals surface area (Å²) in [5, 5.41) is 18.1. The van der Waals surface area contributed by atoms with Gasteiger partial charge in [0.2, 0.25) is 0 Å². The van der Waals surface area contributed by atoms with Gasteiger partial charge in [0.15, 0.2) is 0 Å². The molecular formula is C14H13F3N2O2. The van der Waals surface area contributed by atoms with Crippen molar-refractivity contribution in [3.8, 4) is 6.07 Å². The summed E-state index contributed by atoms with van der Waals surface area (Å²) in [6.45, 7) is 2.36. The van der Waals surface area contributed by atoms with E-state index in [1.54, 1.807) is 17.9 Å². The van der Waals surface area contributed by atoms with Crippen molar-refractivity contribution in [3.63, 3.8) is 0 Å². The van der Waals surface area contributed by atoms with E-state index in [1.165, 1.54) is 6.07 Å². The Bertz CT molecular complexity index is 607. The second kappa shape index (κ2) is 5.28. The molecule has 4 nitrogen and oxygen atoms in total. The van der Waals surface area contributed by atoms with Crippen LogP contribution in [0.15, 0.2) is 18.2 Å². The molecule has 0 aliphatic carbocycles. The highest BCUT2D eigenvalue weighted by atomic mass is 19.4. The zero-order chi connectivity index (χ0) is 15.8. The van der Waals surface area contributed by atoms with Crippen LogP contribution >= 0.6 is 0 Å². The third-order valence-corrected chi connectivity index (χ3v) is 3.71. The van der Waals surface area contributed by atoms with Crippen LogP contribution in [0.25, 0.3) is 0 Å². The molecule has 2 rings (SSSR count). The van der Waals surface area contributed by atoms with Crippen molar-refractivity contribution in [3.05, 3.63) is 29.3 Å². The van der Waals surface area contributed by atoms with Crippen LogP contribution < -0.4 is 4.90 Å². The molecule has 1 aliphatic rings. The fourth-order valence-corrected chi connectivity index (χ4v) is 2.56. The van der Waals surface area contributed by atoms with Crippen molar-refractivity contribution < 1.29 is 23.1 Å². The summed E-state index contributed by atoms with van der Waals surface area (Å²) in [4.78, 5) is 12.7. The van der Waals surface area contributed by atoms with Crippen molar-refractivity contribution in [1.82, 2.24) is 0 Å². The maximum absolute atomic E-state index is 12.6. The molecule has 0 saturated carbocycles. The fourth-order valence-electron chi connectivity index (χ4n) is 2.56. The number of benzene rings is 1. The topological polar surface area (TPSA) is 64.3 Å². The Morgan fingerprint density at radius 1 is 1.43 bits per heavy atom. The monoisotopic (exact) mass is 298 g/mol. The number of hydrogen-bond acceptors (Lipinski definition) is 3. The summed E-state index contributed by atoms with van der Waals surface area (Å²) < 4.78 is 37.9. The van der Waals surface area contributed by atoms with Crippen molar-refractivity contribution >= 4 is 11.7 Å². The Hall–Kier alpha value is -2.23. The number of nitriles is 1. The van der Waals surface area contributed by atoms with Crippen molar-refractivity contribution in [1.29, 1.82) is 5.26 Å². The van der Waals surface area contributed by atoms with E-state index in [9.17, 15) is 18.0 Å². The average Bonchev–Trinajstić information content (AvgIpc) is 2.79. The van der Waals surface area contributed by atoms with Gasteiger partial charge in [0, 0.05) is 13.1 Å². The Morgan fingerprint density at radius 2 is 2.10 bits per heavy atom. The van der Waals surface area contributed by atoms with Crippen LogP contribution in [0.2, 0.25) is 0 Å². The lowest BCUT2D eigenvalue weighted by molar-refractivity contribution is -0.142. The van der Waals surface area contributed by atoms with Crippen molar-refractivity contribution in [2.24, 2.45) is 11.8 Å². The number of anilines is 1. The number of carboxylic acid groups (broad SMARTS) is 1. The maximum atomic E-state index is 12.6. The van der Waals surface area contributed by atoms with Crippen LogP contribution in [-0.4, -0.2) is 24.2 Å². The molecule has 1 heterocycles. The number of nitrogens with zero attached hydrogens (tertiary/aromatic N) is 2. The predicted octanol–water partition coefficient (Wildman–Crippen LogP) is 2.73. The number of rotatable bonds is 2. The normalized spacial score (nSPS) is 22.1. The minimum absolute atomic E-state index is 0.0944. The smallest absolute Gasteiger partial charge is 0.416 e. The van der Waals surface area contributed by atoms with E-state index in [2.05, 4.69) is 0 Å². The highest BCUT2D eigenvalue weighted by Crippen LogP contribution is 2.35. The number of aliphatic carboxylic acids is 1. The molecule has 1 aliphatic heterocycles. The van der Waals surface area contributed by atoms with E-state index < -0.39 is 23.6 Å². The molecule has 7 heteroatoms. The van der Waals surface area contributed by atoms with E-state index in [0.717, 1.165) is 12.1 Å². The fraction of sp³-hybridized carbons (Fsp3) is 0.429. The second-order valence-corrected chi connectivity index (χ2v) is 5.17. The molecule has 0 spiro atoms. The molecule has 0 unspecified atom stereocenters. The Labute approximate surface area is 119 Å². The lowest BCUT2D eigenvalue weighted by Gasteiger charge is -2.20. The van der Waals surface area contributed by atoms with Crippen LogP contribution in [0.4, 0.5) is 18.9 Å². The van der Waals surface area contributed by atoms with Gasteiger partial charge < -0.3 is 10.0 Å². The highest BCUT2D eigenvalue weighted by Gasteiger charge is 2.36. The molecule has 2 atom stereocenters. The Kier molecular flexibility index (Phi) is 3.81. The van der Waals surface area contributed by atoms with E-state index in [-0.39, 0.29) is 18.0 Å². The SMILES string of the molecule is C[C@@H]1CN(c2ccc(C(F)(F)F)cc2C#N)C[C@H]1C(=O)O. The summed E-state index contributed by atoms with van der Waals surface area (Å²) in [5.41, 5.74) is -0.631. The summed E-state index contributed by atoms with van der Waals surface area (Å²) in [6.07, 6.45) is -4.51. The zero-order valence-corrected chi connectivity index (χ0v) is 11.2. The molecule has 0 amide bonds. The molecule has 1 aromatic rings. The minimum atomic E-state index is -4.51. The summed E-state index contributed by atoms with van der Waals surface area (Å²) in [5.74, 6) is -1.65. The first-order valence-electron chi connectivity index (χ1n) is 6.33. The standard InChI is InChI=1S/C14H13F3N2O2/c1-8-6-19(7-11(8)13(20)21)12-3-2-10(14(15,16)17)4-9(12)5-18/h2-4,8,11H,6-7H2,1H3,(H,20,21)/t8-,11-/m1/s1. The summed E-state index contributed by atoms with van der Waals surface area (Å²) in [6, 6.07) is 4.70. The lowest BCUT2D eigenvalue weighted by atomic mass is 9.99. The average molecular weight is 298 g/mol. The first kappa shape index (κ1) is 15.2. The third kappa shape index (κ3) is 2.94. The second-order valence-electron chi connectivity index (χ2n) is 5.17. The lowest BCUT2D eigenvalue weighted by Crippen LogP contribution is -2.23. The first-order valence-corrected chi connectivity index (χ1v) is 6.33. The van der Waals surface area contributed by atoms with Gasteiger partial charge in [0.25, 0.3) is 0 Å². The number of alkyl halides is 3. The van der Waals surface area contributed by atoms with Crippen LogP contribution in [0.1, 0.15) is 18.1 Å². The Morgan fingerprint density at radius 3 is 2.57 bits per heavy atom.